The van der Waals surface area contributed by atoms with Crippen LogP contribution in [0.4, 0.5) is 11.4 Å². The molecule has 5 aromatic rings. The Bertz CT molecular complexity index is 1880. The second kappa shape index (κ2) is 15.5. The van der Waals surface area contributed by atoms with Crippen molar-refractivity contribution in [2.75, 3.05) is 10.6 Å². The summed E-state index contributed by atoms with van der Waals surface area (Å²) in [6, 6.07) is 37.9. The number of aryl methyl sites for hydroxylation is 1. The van der Waals surface area contributed by atoms with Gasteiger partial charge in [-0.2, -0.15) is 0 Å². The predicted octanol–water partition coefficient (Wildman–Crippen LogP) is 9.18. The maximum atomic E-state index is 13.5. The van der Waals surface area contributed by atoms with Crippen LogP contribution in [0, 0.1) is 6.92 Å². The van der Waals surface area contributed by atoms with Crippen molar-refractivity contribution in [2.45, 2.75) is 17.1 Å². The molecule has 0 aromatic heterocycles. The standard InChI is InChI=1S/C37H29Cl2N3O3S/c1-24-11-8-9-16-27(24)23-32(42-35(43)26-14-6-3-7-15-26)36(44)40-28-19-21-29(22-20-28)46-34(25-12-4-2-5-13-25)37(45)41-31-18-10-17-30(38)33(31)39/h2-23,34H,1H3,(H,40,44)(H,41,45)(H,42,43)/b32-23-. The first-order valence-electron chi connectivity index (χ1n) is 14.3. The number of carbonyl (C=O) groups excluding carboxylic acids is 3. The second-order valence-electron chi connectivity index (χ2n) is 10.2. The number of hydrogen-bond donors (Lipinski definition) is 3. The van der Waals surface area contributed by atoms with Crippen molar-refractivity contribution >= 4 is 70.1 Å². The van der Waals surface area contributed by atoms with Crippen molar-refractivity contribution in [3.63, 3.8) is 0 Å². The van der Waals surface area contributed by atoms with Crippen molar-refractivity contribution in [3.05, 3.63) is 165 Å². The average Bonchev–Trinajstić information content (AvgIpc) is 3.07. The molecule has 230 valence electrons. The molecule has 6 nitrogen and oxygen atoms in total. The van der Waals surface area contributed by atoms with Crippen LogP contribution in [-0.2, 0) is 9.59 Å². The molecule has 0 radical (unpaired) electrons. The molecular formula is C37H29Cl2N3O3S. The SMILES string of the molecule is Cc1ccccc1/C=C(\NC(=O)c1ccccc1)C(=O)Nc1ccc(SC(C(=O)Nc2cccc(Cl)c2Cl)c2ccccc2)cc1. The largest absolute Gasteiger partial charge is 0.323 e. The fourth-order valence-electron chi connectivity index (χ4n) is 4.50. The molecular weight excluding hydrogens is 637 g/mol. The summed E-state index contributed by atoms with van der Waals surface area (Å²) in [7, 11) is 0. The van der Waals surface area contributed by atoms with Gasteiger partial charge in [-0.1, -0.05) is 102 Å². The molecule has 0 heterocycles. The maximum Gasteiger partial charge on any atom is 0.272 e. The van der Waals surface area contributed by atoms with Gasteiger partial charge in [0.1, 0.15) is 10.9 Å². The number of amides is 3. The quantitative estimate of drug-likeness (QED) is 0.103. The zero-order valence-electron chi connectivity index (χ0n) is 24.7. The van der Waals surface area contributed by atoms with Gasteiger partial charge >= 0.3 is 0 Å². The Morgan fingerprint density at radius 3 is 2.07 bits per heavy atom. The fraction of sp³-hybridized carbons (Fsp3) is 0.0541. The third kappa shape index (κ3) is 8.46. The lowest BCUT2D eigenvalue weighted by Crippen LogP contribution is -2.30. The van der Waals surface area contributed by atoms with Crippen LogP contribution in [-0.4, -0.2) is 17.7 Å². The van der Waals surface area contributed by atoms with Gasteiger partial charge in [0, 0.05) is 16.1 Å². The van der Waals surface area contributed by atoms with Crippen LogP contribution in [0.15, 0.2) is 138 Å². The van der Waals surface area contributed by atoms with Crippen LogP contribution in [0.1, 0.15) is 32.3 Å². The molecule has 5 aromatic carbocycles. The van der Waals surface area contributed by atoms with E-state index in [1.807, 2.05) is 79.7 Å². The zero-order valence-corrected chi connectivity index (χ0v) is 27.0. The van der Waals surface area contributed by atoms with E-state index in [1.54, 1.807) is 60.7 Å². The van der Waals surface area contributed by atoms with Crippen LogP contribution in [0.5, 0.6) is 0 Å². The van der Waals surface area contributed by atoms with Crippen LogP contribution in [0.25, 0.3) is 6.08 Å². The molecule has 9 heteroatoms. The van der Waals surface area contributed by atoms with Gasteiger partial charge < -0.3 is 16.0 Å². The van der Waals surface area contributed by atoms with Crippen molar-refractivity contribution < 1.29 is 14.4 Å². The van der Waals surface area contributed by atoms with E-state index in [1.165, 1.54) is 11.8 Å². The topological polar surface area (TPSA) is 87.3 Å². The molecule has 0 bridgehead atoms. The number of carbonyl (C=O) groups is 3. The van der Waals surface area contributed by atoms with Crippen molar-refractivity contribution in [1.29, 1.82) is 0 Å². The number of nitrogens with one attached hydrogen (secondary N) is 3. The lowest BCUT2D eigenvalue weighted by Gasteiger charge is -2.18. The van der Waals surface area contributed by atoms with Gasteiger partial charge in [-0.3, -0.25) is 14.4 Å². The van der Waals surface area contributed by atoms with E-state index in [0.717, 1.165) is 21.6 Å². The van der Waals surface area contributed by atoms with Gasteiger partial charge in [0.25, 0.3) is 11.8 Å². The van der Waals surface area contributed by atoms with Crippen molar-refractivity contribution in [1.82, 2.24) is 5.32 Å². The lowest BCUT2D eigenvalue weighted by atomic mass is 10.1. The smallest absolute Gasteiger partial charge is 0.272 e. The third-order valence-electron chi connectivity index (χ3n) is 6.93. The van der Waals surface area contributed by atoms with Gasteiger partial charge in [0.05, 0.1) is 15.7 Å². The lowest BCUT2D eigenvalue weighted by molar-refractivity contribution is -0.116. The van der Waals surface area contributed by atoms with E-state index in [-0.39, 0.29) is 16.6 Å². The fourth-order valence-corrected chi connectivity index (χ4v) is 5.87. The molecule has 0 aliphatic heterocycles. The molecule has 3 amide bonds. The summed E-state index contributed by atoms with van der Waals surface area (Å²) in [6.07, 6.45) is 1.66. The van der Waals surface area contributed by atoms with Gasteiger partial charge in [0.2, 0.25) is 5.91 Å². The van der Waals surface area contributed by atoms with Crippen molar-refractivity contribution in [3.8, 4) is 0 Å². The summed E-state index contributed by atoms with van der Waals surface area (Å²) >= 11 is 13.8. The Kier molecular flexibility index (Phi) is 10.9. The van der Waals surface area contributed by atoms with Crippen LogP contribution < -0.4 is 16.0 Å². The third-order valence-corrected chi connectivity index (χ3v) is 9.02. The Morgan fingerprint density at radius 2 is 1.37 bits per heavy atom. The Labute approximate surface area is 281 Å². The number of thioether (sulfide) groups is 1. The summed E-state index contributed by atoms with van der Waals surface area (Å²) in [5.41, 5.74) is 4.04. The second-order valence-corrected chi connectivity index (χ2v) is 12.2. The number of halogens is 2. The number of hydrogen-bond acceptors (Lipinski definition) is 4. The first-order chi connectivity index (χ1) is 22.3. The first-order valence-corrected chi connectivity index (χ1v) is 15.9. The summed E-state index contributed by atoms with van der Waals surface area (Å²) in [4.78, 5) is 40.8. The molecule has 0 aliphatic carbocycles. The molecule has 0 saturated heterocycles. The first kappa shape index (κ1) is 32.6. The normalized spacial score (nSPS) is 11.8. The van der Waals surface area contributed by atoms with E-state index >= 15 is 0 Å². The summed E-state index contributed by atoms with van der Waals surface area (Å²) in [5.74, 6) is -1.14. The molecule has 5 rings (SSSR count). The van der Waals surface area contributed by atoms with Crippen LogP contribution in [0.3, 0.4) is 0 Å². The minimum Gasteiger partial charge on any atom is -0.323 e. The van der Waals surface area contributed by atoms with Crippen molar-refractivity contribution in [2.24, 2.45) is 0 Å². The maximum absolute atomic E-state index is 13.5. The Morgan fingerprint density at radius 1 is 0.717 bits per heavy atom. The number of anilines is 2. The molecule has 1 unspecified atom stereocenters. The van der Waals surface area contributed by atoms with E-state index in [4.69, 9.17) is 23.2 Å². The predicted molar refractivity (Wildman–Crippen MR) is 188 cm³/mol. The van der Waals surface area contributed by atoms with Crippen LogP contribution in [0.2, 0.25) is 10.0 Å². The van der Waals surface area contributed by atoms with E-state index < -0.39 is 17.1 Å². The van der Waals surface area contributed by atoms with Crippen LogP contribution >= 0.6 is 35.0 Å². The minimum atomic E-state index is -0.603. The monoisotopic (exact) mass is 665 g/mol. The Balaban J connectivity index is 1.34. The molecule has 1 atom stereocenters. The van der Waals surface area contributed by atoms with Gasteiger partial charge in [0.15, 0.2) is 0 Å². The highest BCUT2D eigenvalue weighted by Gasteiger charge is 2.23. The molecule has 0 aliphatic rings. The minimum absolute atomic E-state index is 0.0992. The average molecular weight is 667 g/mol. The number of benzene rings is 5. The van der Waals surface area contributed by atoms with Gasteiger partial charge in [-0.25, -0.2) is 0 Å². The highest BCUT2D eigenvalue weighted by Crippen LogP contribution is 2.38. The van der Waals surface area contributed by atoms with E-state index in [0.29, 0.717) is 22.0 Å². The van der Waals surface area contributed by atoms with E-state index in [2.05, 4.69) is 16.0 Å². The van der Waals surface area contributed by atoms with E-state index in [9.17, 15) is 14.4 Å². The Hall–Kier alpha value is -4.82. The highest BCUT2D eigenvalue weighted by atomic mass is 35.5. The van der Waals surface area contributed by atoms with Gasteiger partial charge in [-0.05, 0) is 78.2 Å². The molecule has 0 fully saturated rings. The summed E-state index contributed by atoms with van der Waals surface area (Å²) in [6.45, 7) is 1.93. The summed E-state index contributed by atoms with van der Waals surface area (Å²) in [5, 5.41) is 8.56. The molecule has 0 saturated carbocycles. The number of rotatable bonds is 10. The van der Waals surface area contributed by atoms with Gasteiger partial charge in [-0.15, -0.1) is 11.8 Å². The summed E-state index contributed by atoms with van der Waals surface area (Å²) < 4.78 is 0. The molecule has 46 heavy (non-hydrogen) atoms. The molecule has 0 spiro atoms. The zero-order chi connectivity index (χ0) is 32.5. The molecule has 3 N–H and O–H groups in total. The highest BCUT2D eigenvalue weighted by molar-refractivity contribution is 8.00.